The average molecular weight is 107 g/mol. The predicted molar refractivity (Wildman–Crippen MR) is 31.4 cm³/mol. The molecule has 0 aromatic heterocycles. The van der Waals surface area contributed by atoms with E-state index in [4.69, 9.17) is 10.5 Å². The fourth-order valence-electron chi connectivity index (χ4n) is 0.156. The summed E-state index contributed by atoms with van der Waals surface area (Å²) in [4.78, 5) is 0. The van der Waals surface area contributed by atoms with Crippen LogP contribution in [0.1, 0.15) is 0 Å². The molecule has 0 saturated heterocycles. The molecule has 40 valence electrons. The third kappa shape index (κ3) is 4.75. The minimum absolute atomic E-state index is 0.174. The lowest BCUT2D eigenvalue weighted by molar-refractivity contribution is 0.350. The second-order valence-corrected chi connectivity index (χ2v) is 0.874. The van der Waals surface area contributed by atoms with Crippen molar-refractivity contribution in [1.82, 2.24) is 0 Å². The van der Waals surface area contributed by atoms with Crippen LogP contribution in [-0.2, 0) is 0 Å². The maximum Gasteiger partial charge on any atom is 0.105 e. The lowest BCUT2D eigenvalue weighted by Crippen LogP contribution is -1.68. The van der Waals surface area contributed by atoms with Gasteiger partial charge in [0.1, 0.15) is 6.61 Å². The van der Waals surface area contributed by atoms with Gasteiger partial charge >= 0.3 is 0 Å². The zero-order valence-corrected chi connectivity index (χ0v) is 4.23. The number of aliphatic hydroxyl groups excluding tert-OH is 1. The summed E-state index contributed by atoms with van der Waals surface area (Å²) in [6, 6.07) is 0. The summed E-state index contributed by atoms with van der Waals surface area (Å²) in [7, 11) is 0. The molecule has 2 nitrogen and oxygen atoms in total. The third-order valence-corrected chi connectivity index (χ3v) is 0.374. The molecule has 0 aromatic rings. The van der Waals surface area contributed by atoms with E-state index < -0.39 is 0 Å². The molecule has 0 atom stereocenters. The molecule has 2 heteroatoms. The first kappa shape index (κ1) is 6.75. The zero-order valence-electron chi connectivity index (χ0n) is 4.23. The molecule has 0 spiro atoms. The van der Waals surface area contributed by atoms with Gasteiger partial charge in [-0.15, -0.1) is 0 Å². The molecule has 0 aliphatic heterocycles. The van der Waals surface area contributed by atoms with Gasteiger partial charge in [0, 0.05) is 0 Å². The SMILES string of the molecule is N=CC#CC#CCO. The van der Waals surface area contributed by atoms with E-state index in [2.05, 4.69) is 23.7 Å². The molecule has 0 saturated carbocycles. The van der Waals surface area contributed by atoms with Gasteiger partial charge in [-0.1, -0.05) is 5.92 Å². The Labute approximate surface area is 48.0 Å². The first-order valence-electron chi connectivity index (χ1n) is 2.00. The maximum atomic E-state index is 8.07. The van der Waals surface area contributed by atoms with Gasteiger partial charge in [-0.05, 0) is 17.8 Å². The van der Waals surface area contributed by atoms with Crippen LogP contribution in [0, 0.1) is 29.1 Å². The van der Waals surface area contributed by atoms with E-state index in [1.54, 1.807) is 0 Å². The highest BCUT2D eigenvalue weighted by atomic mass is 16.2. The Hall–Kier alpha value is -1.25. The van der Waals surface area contributed by atoms with Crippen molar-refractivity contribution in [2.75, 3.05) is 6.61 Å². The smallest absolute Gasteiger partial charge is 0.105 e. The van der Waals surface area contributed by atoms with E-state index in [0.717, 1.165) is 6.21 Å². The summed E-state index contributed by atoms with van der Waals surface area (Å²) in [6.07, 6.45) is 0.950. The highest BCUT2D eigenvalue weighted by Crippen LogP contribution is 1.50. The van der Waals surface area contributed by atoms with Crippen molar-refractivity contribution in [1.29, 1.82) is 5.41 Å². The number of nitrogens with one attached hydrogen (secondary N) is 1. The van der Waals surface area contributed by atoms with E-state index in [0.29, 0.717) is 0 Å². The van der Waals surface area contributed by atoms with Crippen molar-refractivity contribution in [2.24, 2.45) is 0 Å². The van der Waals surface area contributed by atoms with Crippen LogP contribution < -0.4 is 0 Å². The molecule has 0 aliphatic carbocycles. The minimum Gasteiger partial charge on any atom is -0.384 e. The second-order valence-electron chi connectivity index (χ2n) is 0.874. The maximum absolute atomic E-state index is 8.07. The van der Waals surface area contributed by atoms with Crippen LogP contribution in [0.3, 0.4) is 0 Å². The Kier molecular flexibility index (Phi) is 4.85. The quantitative estimate of drug-likeness (QED) is 0.322. The van der Waals surface area contributed by atoms with Gasteiger partial charge in [0.15, 0.2) is 0 Å². The summed E-state index contributed by atoms with van der Waals surface area (Å²) in [5, 5.41) is 14.5. The van der Waals surface area contributed by atoms with E-state index in [1.165, 1.54) is 0 Å². The van der Waals surface area contributed by atoms with Crippen molar-refractivity contribution in [3.63, 3.8) is 0 Å². The summed E-state index contributed by atoms with van der Waals surface area (Å²) >= 11 is 0. The Bertz CT molecular complexity index is 174. The van der Waals surface area contributed by atoms with E-state index in [-0.39, 0.29) is 6.61 Å². The first-order chi connectivity index (χ1) is 3.91. The van der Waals surface area contributed by atoms with Crippen molar-refractivity contribution in [3.05, 3.63) is 0 Å². The van der Waals surface area contributed by atoms with Gasteiger partial charge in [0.25, 0.3) is 0 Å². The lowest BCUT2D eigenvalue weighted by Gasteiger charge is -1.61. The molecule has 0 radical (unpaired) electrons. The van der Waals surface area contributed by atoms with Gasteiger partial charge in [-0.25, -0.2) is 0 Å². The minimum atomic E-state index is -0.174. The molecule has 0 heterocycles. The number of rotatable bonds is 0. The van der Waals surface area contributed by atoms with Crippen LogP contribution in [0.4, 0.5) is 0 Å². The lowest BCUT2D eigenvalue weighted by atomic mass is 10.5. The van der Waals surface area contributed by atoms with Crippen LogP contribution in [0.2, 0.25) is 0 Å². The fraction of sp³-hybridized carbons (Fsp3) is 0.167. The molecule has 0 amide bonds. The van der Waals surface area contributed by atoms with Crippen molar-refractivity contribution < 1.29 is 5.11 Å². The van der Waals surface area contributed by atoms with Gasteiger partial charge < -0.3 is 5.11 Å². The Morgan fingerprint density at radius 1 is 1.50 bits per heavy atom. The summed E-state index contributed by atoms with van der Waals surface area (Å²) in [6.45, 7) is -0.174. The fourth-order valence-corrected chi connectivity index (χ4v) is 0.156. The predicted octanol–water partition coefficient (Wildman–Crippen LogP) is -0.365. The van der Waals surface area contributed by atoms with E-state index >= 15 is 0 Å². The van der Waals surface area contributed by atoms with Crippen molar-refractivity contribution in [3.8, 4) is 23.7 Å². The highest BCUT2D eigenvalue weighted by molar-refractivity contribution is 5.76. The topological polar surface area (TPSA) is 44.1 Å². The molecular formula is C6H5NO. The average Bonchev–Trinajstić information content (AvgIpc) is 1.81. The van der Waals surface area contributed by atoms with Crippen LogP contribution in [0.5, 0.6) is 0 Å². The summed E-state index contributed by atoms with van der Waals surface area (Å²) in [5.74, 6) is 9.25. The summed E-state index contributed by atoms with van der Waals surface area (Å²) in [5.41, 5.74) is 0. The molecule has 8 heavy (non-hydrogen) atoms. The Morgan fingerprint density at radius 2 is 2.25 bits per heavy atom. The molecule has 0 bridgehead atoms. The van der Waals surface area contributed by atoms with Gasteiger partial charge in [0.05, 0.1) is 6.21 Å². The van der Waals surface area contributed by atoms with Gasteiger partial charge in [-0.3, -0.25) is 5.41 Å². The monoisotopic (exact) mass is 107 g/mol. The highest BCUT2D eigenvalue weighted by Gasteiger charge is 1.55. The standard InChI is InChI=1S/C6H5NO/c7-5-3-1-2-4-6-8/h5,7-8H,6H2. The largest absolute Gasteiger partial charge is 0.384 e. The van der Waals surface area contributed by atoms with Crippen LogP contribution >= 0.6 is 0 Å². The molecule has 0 aliphatic rings. The van der Waals surface area contributed by atoms with E-state index in [1.807, 2.05) is 0 Å². The first-order valence-corrected chi connectivity index (χ1v) is 2.00. The third-order valence-electron chi connectivity index (χ3n) is 0.374. The second kappa shape index (κ2) is 5.75. The number of hydrogen-bond donors (Lipinski definition) is 2. The molecule has 0 unspecified atom stereocenters. The van der Waals surface area contributed by atoms with Crippen LogP contribution in [-0.4, -0.2) is 17.9 Å². The molecule has 2 N–H and O–H groups in total. The number of aliphatic hydroxyl groups is 1. The zero-order chi connectivity index (χ0) is 6.24. The molecule has 0 fully saturated rings. The van der Waals surface area contributed by atoms with Crippen molar-refractivity contribution >= 4 is 6.21 Å². The van der Waals surface area contributed by atoms with Gasteiger partial charge in [-0.2, -0.15) is 0 Å². The normalized spacial score (nSPS) is 5.12. The molecule has 0 rings (SSSR count). The van der Waals surface area contributed by atoms with Crippen molar-refractivity contribution in [2.45, 2.75) is 0 Å². The Morgan fingerprint density at radius 3 is 2.75 bits per heavy atom. The summed E-state index contributed by atoms with van der Waals surface area (Å²) < 4.78 is 0. The molecular weight excluding hydrogens is 102 g/mol. The number of hydrogen-bond acceptors (Lipinski definition) is 2. The van der Waals surface area contributed by atoms with E-state index in [9.17, 15) is 0 Å². The van der Waals surface area contributed by atoms with Crippen LogP contribution in [0.25, 0.3) is 0 Å². The Balaban J connectivity index is 3.56. The molecule has 0 aromatic carbocycles. The van der Waals surface area contributed by atoms with Crippen LogP contribution in [0.15, 0.2) is 0 Å². The van der Waals surface area contributed by atoms with Gasteiger partial charge in [0.2, 0.25) is 0 Å².